The number of methoxy groups -OCH3 is 1. The van der Waals surface area contributed by atoms with E-state index in [-0.39, 0.29) is 36.5 Å². The fourth-order valence-electron chi connectivity index (χ4n) is 2.72. The van der Waals surface area contributed by atoms with Gasteiger partial charge in [-0.15, -0.1) is 0 Å². The number of fused-ring (bicyclic) bond motifs is 3. The highest BCUT2D eigenvalue weighted by Gasteiger charge is 2.56. The summed E-state index contributed by atoms with van der Waals surface area (Å²) in [4.78, 5) is 35.5. The van der Waals surface area contributed by atoms with E-state index in [2.05, 4.69) is 9.84 Å². The van der Waals surface area contributed by atoms with Crippen molar-refractivity contribution in [3.8, 4) is 0 Å². The van der Waals surface area contributed by atoms with Crippen molar-refractivity contribution in [2.45, 2.75) is 25.8 Å². The number of aromatic nitrogens is 2. The lowest BCUT2D eigenvalue weighted by Crippen LogP contribution is -2.18. The Labute approximate surface area is 114 Å². The van der Waals surface area contributed by atoms with E-state index < -0.39 is 11.9 Å². The molecule has 20 heavy (non-hydrogen) atoms. The Kier molecular flexibility index (Phi) is 2.84. The van der Waals surface area contributed by atoms with Gasteiger partial charge in [-0.25, -0.2) is 9.48 Å². The van der Waals surface area contributed by atoms with Gasteiger partial charge in [0.05, 0.1) is 13.7 Å². The first kappa shape index (κ1) is 12.8. The Morgan fingerprint density at radius 2 is 2.15 bits per heavy atom. The molecule has 7 nitrogen and oxygen atoms in total. The molecular formula is C13H14N2O5. The lowest BCUT2D eigenvalue weighted by molar-refractivity contribution is -0.141. The van der Waals surface area contributed by atoms with Crippen LogP contribution in [0.1, 0.15) is 45.8 Å². The summed E-state index contributed by atoms with van der Waals surface area (Å²) in [5, 5.41) is 4.09. The third kappa shape index (κ3) is 1.73. The lowest BCUT2D eigenvalue weighted by Gasteiger charge is -2.03. The molecule has 1 heterocycles. The number of rotatable bonds is 4. The predicted octanol–water partition coefficient (Wildman–Crippen LogP) is 0.533. The molecule has 0 N–H and O–H groups in total. The molecule has 2 atom stereocenters. The number of esters is 2. The van der Waals surface area contributed by atoms with E-state index in [0.717, 1.165) is 6.42 Å². The maximum Gasteiger partial charge on any atom is 0.359 e. The molecule has 1 fully saturated rings. The maximum absolute atomic E-state index is 12.2. The summed E-state index contributed by atoms with van der Waals surface area (Å²) in [5.74, 6) is -1.10. The Morgan fingerprint density at radius 1 is 1.40 bits per heavy atom. The second-order valence-electron chi connectivity index (χ2n) is 4.88. The van der Waals surface area contributed by atoms with Gasteiger partial charge in [0.15, 0.2) is 11.5 Å². The number of carbonyl (C=O) groups is 3. The number of Topliss-reactive ketones (excluding diaryl/α,β-unsaturated/α-hetero) is 1. The lowest BCUT2D eigenvalue weighted by atomic mass is 10.1. The zero-order chi connectivity index (χ0) is 14.4. The minimum atomic E-state index is -0.548. The molecule has 0 amide bonds. The molecule has 1 aromatic rings. The normalized spacial score (nSPS) is 22.2. The van der Waals surface area contributed by atoms with Crippen molar-refractivity contribution in [2.24, 2.45) is 5.92 Å². The zero-order valence-corrected chi connectivity index (χ0v) is 11.2. The van der Waals surface area contributed by atoms with Crippen LogP contribution in [0.15, 0.2) is 0 Å². The van der Waals surface area contributed by atoms with E-state index >= 15 is 0 Å². The summed E-state index contributed by atoms with van der Waals surface area (Å²) >= 11 is 0. The summed E-state index contributed by atoms with van der Waals surface area (Å²) in [6.07, 6.45) is 0.752. The third-order valence-corrected chi connectivity index (χ3v) is 3.70. The van der Waals surface area contributed by atoms with Crippen LogP contribution in [0.5, 0.6) is 0 Å². The van der Waals surface area contributed by atoms with Crippen molar-refractivity contribution >= 4 is 17.7 Å². The molecule has 2 aliphatic rings. The summed E-state index contributed by atoms with van der Waals surface area (Å²) in [6, 6.07) is 0. The summed E-state index contributed by atoms with van der Waals surface area (Å²) < 4.78 is 10.8. The quantitative estimate of drug-likeness (QED) is 0.747. The van der Waals surface area contributed by atoms with Crippen LogP contribution in [0, 0.1) is 5.92 Å². The zero-order valence-electron chi connectivity index (χ0n) is 11.2. The summed E-state index contributed by atoms with van der Waals surface area (Å²) in [5.41, 5.74) is 1.16. The van der Waals surface area contributed by atoms with Gasteiger partial charge in [0, 0.05) is 11.5 Å². The highest BCUT2D eigenvalue weighted by molar-refractivity contribution is 6.07. The first-order valence-electron chi connectivity index (χ1n) is 6.47. The maximum atomic E-state index is 12.2. The molecule has 0 saturated heterocycles. The Morgan fingerprint density at radius 3 is 2.80 bits per heavy atom. The monoisotopic (exact) mass is 278 g/mol. The average Bonchev–Trinajstić information content (AvgIpc) is 3.05. The second kappa shape index (κ2) is 4.43. The van der Waals surface area contributed by atoms with Gasteiger partial charge in [0.2, 0.25) is 0 Å². The summed E-state index contributed by atoms with van der Waals surface area (Å²) in [7, 11) is 1.26. The second-order valence-corrected chi connectivity index (χ2v) is 4.88. The van der Waals surface area contributed by atoms with Crippen LogP contribution < -0.4 is 0 Å². The molecule has 1 saturated carbocycles. The molecular weight excluding hydrogens is 264 g/mol. The van der Waals surface area contributed by atoms with Crippen molar-refractivity contribution < 1.29 is 23.9 Å². The van der Waals surface area contributed by atoms with Crippen LogP contribution in [-0.4, -0.2) is 41.2 Å². The fraction of sp³-hybridized carbons (Fsp3) is 0.538. The Hall–Kier alpha value is -2.18. The topological polar surface area (TPSA) is 87.5 Å². The van der Waals surface area contributed by atoms with Crippen molar-refractivity contribution in [1.29, 1.82) is 0 Å². The van der Waals surface area contributed by atoms with E-state index in [9.17, 15) is 14.4 Å². The van der Waals surface area contributed by atoms with Crippen molar-refractivity contribution in [2.75, 3.05) is 13.7 Å². The fourth-order valence-corrected chi connectivity index (χ4v) is 2.72. The van der Waals surface area contributed by atoms with Gasteiger partial charge in [-0.1, -0.05) is 0 Å². The first-order chi connectivity index (χ1) is 9.58. The summed E-state index contributed by atoms with van der Waals surface area (Å²) in [6.45, 7) is 1.76. The molecule has 0 spiro atoms. The predicted molar refractivity (Wildman–Crippen MR) is 65.4 cm³/mol. The molecule has 7 heteroatoms. The third-order valence-electron chi connectivity index (χ3n) is 3.70. The van der Waals surface area contributed by atoms with E-state index in [1.54, 1.807) is 6.92 Å². The minimum absolute atomic E-state index is 0.0445. The van der Waals surface area contributed by atoms with Crippen LogP contribution >= 0.6 is 0 Å². The number of hydrogen-bond acceptors (Lipinski definition) is 6. The minimum Gasteiger partial charge on any atom is -0.468 e. The number of ketones is 1. The average molecular weight is 278 g/mol. The smallest absolute Gasteiger partial charge is 0.359 e. The van der Waals surface area contributed by atoms with Crippen molar-refractivity contribution in [1.82, 2.24) is 9.78 Å². The van der Waals surface area contributed by atoms with Gasteiger partial charge in [-0.3, -0.25) is 9.59 Å². The van der Waals surface area contributed by atoms with Gasteiger partial charge >= 0.3 is 11.9 Å². The Balaban J connectivity index is 2.02. The van der Waals surface area contributed by atoms with Gasteiger partial charge in [0.25, 0.3) is 0 Å². The molecule has 0 radical (unpaired) electrons. The molecule has 2 aliphatic carbocycles. The van der Waals surface area contributed by atoms with Crippen LogP contribution in [0.25, 0.3) is 0 Å². The van der Waals surface area contributed by atoms with Crippen LogP contribution in [0.4, 0.5) is 0 Å². The van der Waals surface area contributed by atoms with Crippen LogP contribution in [-0.2, 0) is 20.8 Å². The standard InChI is InChI=1S/C13H14N2O5/c1-3-20-13(18)10-9-6-4-7(6)12(17)11(9)15(14-10)5-8(16)19-2/h6-7H,3-5H2,1-2H3. The van der Waals surface area contributed by atoms with E-state index in [4.69, 9.17) is 4.74 Å². The number of hydrogen-bond donors (Lipinski definition) is 0. The largest absolute Gasteiger partial charge is 0.468 e. The number of nitrogens with zero attached hydrogens (tertiary/aromatic N) is 2. The van der Waals surface area contributed by atoms with Gasteiger partial charge < -0.3 is 9.47 Å². The number of carbonyl (C=O) groups excluding carboxylic acids is 3. The molecule has 3 rings (SSSR count). The molecule has 0 aliphatic heterocycles. The van der Waals surface area contributed by atoms with Gasteiger partial charge in [-0.05, 0) is 19.3 Å². The SMILES string of the molecule is CCOC(=O)c1nn(CC(=O)OC)c2c1C1CC1C2=O. The van der Waals surface area contributed by atoms with E-state index in [1.807, 2.05) is 0 Å². The molecule has 1 aromatic heterocycles. The van der Waals surface area contributed by atoms with Crippen molar-refractivity contribution in [3.05, 3.63) is 17.0 Å². The van der Waals surface area contributed by atoms with Gasteiger partial charge in [-0.2, -0.15) is 5.10 Å². The highest BCUT2D eigenvalue weighted by atomic mass is 16.5. The molecule has 0 aromatic carbocycles. The van der Waals surface area contributed by atoms with Gasteiger partial charge in [0.1, 0.15) is 12.2 Å². The molecule has 0 bridgehead atoms. The molecule has 2 unspecified atom stereocenters. The van der Waals surface area contributed by atoms with E-state index in [0.29, 0.717) is 11.3 Å². The van der Waals surface area contributed by atoms with Crippen LogP contribution in [0.3, 0.4) is 0 Å². The highest BCUT2D eigenvalue weighted by Crippen LogP contribution is 2.57. The molecule has 106 valence electrons. The first-order valence-corrected chi connectivity index (χ1v) is 6.47. The number of ether oxygens (including phenoxy) is 2. The van der Waals surface area contributed by atoms with Crippen LogP contribution in [0.2, 0.25) is 0 Å². The van der Waals surface area contributed by atoms with E-state index in [1.165, 1.54) is 11.8 Å². The van der Waals surface area contributed by atoms with Crippen molar-refractivity contribution in [3.63, 3.8) is 0 Å². The Bertz CT molecular complexity index is 619.